The van der Waals surface area contributed by atoms with Crippen molar-refractivity contribution < 1.29 is 119 Å². The maximum atomic E-state index is 14.6. The number of halogens is 2. The predicted octanol–water partition coefficient (Wildman–Crippen LogP) is 27.3. The SMILES string of the molecule is CC(C)(C)C(=O)C=C(O)C(C)(C)C.CC(C)(C)C(=O)C=C(O)C(C)(C)C.CC(C)(C)C(O)CC(O)C(C)(C)C.CC(C)(C)c1c[c-]c(-c2ccc3ccccc3n2)cc1.CC(C)(C)c1c[c-]c(-c2ccc3ccccc3n2)cc1.CC(C)(C)c1c[c-]c(-c2ncc3ccccc3c2F)cc1.Fc1c(-c2[c-]cccc2)ncc2ccccc12.[Ir].[Ir].[Ir].[Ir]. The van der Waals surface area contributed by atoms with Gasteiger partial charge in [0.15, 0.2) is 11.6 Å². The van der Waals surface area contributed by atoms with Gasteiger partial charge >= 0.3 is 0 Å². The number of hydrogen-bond donors (Lipinski definition) is 4. The number of carbonyl (C=O) groups is 2. The molecule has 16 heteroatoms. The van der Waals surface area contributed by atoms with Crippen molar-refractivity contribution in [2.75, 3.05) is 0 Å². The number of fused-ring (bicyclic) bond motifs is 4. The fraction of sp³-hybridized carbons (Fsp3) is 0.371. The van der Waals surface area contributed by atoms with E-state index in [4.69, 9.17) is 9.97 Å². The van der Waals surface area contributed by atoms with Gasteiger partial charge in [-0.25, -0.2) is 8.78 Å². The third kappa shape index (κ3) is 34.0. The summed E-state index contributed by atoms with van der Waals surface area (Å²) in [7, 11) is 0. The molecule has 656 valence electrons. The van der Waals surface area contributed by atoms with Crippen LogP contribution < -0.4 is 0 Å². The molecule has 0 amide bonds. The first-order valence-electron chi connectivity index (χ1n) is 40.2. The second-order valence-electron chi connectivity index (χ2n) is 39.1. The number of pyridine rings is 4. The maximum absolute atomic E-state index is 14.6. The number of carbonyl (C=O) groups excluding carboxylic acids is 2. The number of hydrogen-bond acceptors (Lipinski definition) is 10. The van der Waals surface area contributed by atoms with E-state index in [1.807, 2.05) is 228 Å². The van der Waals surface area contributed by atoms with Crippen LogP contribution in [-0.4, -0.2) is 64.1 Å². The maximum Gasteiger partial charge on any atom is 0.164 e. The molecule has 2 unspecified atom stereocenters. The molecule has 12 aromatic rings. The van der Waals surface area contributed by atoms with Crippen molar-refractivity contribution in [2.45, 2.75) is 222 Å². The molecule has 0 saturated carbocycles. The van der Waals surface area contributed by atoms with Gasteiger partial charge in [-0.05, 0) is 61.4 Å². The van der Waals surface area contributed by atoms with Crippen LogP contribution in [0.25, 0.3) is 88.4 Å². The summed E-state index contributed by atoms with van der Waals surface area (Å²) in [6, 6.07) is 78.0. The molecule has 0 spiro atoms. The number of allylic oxidation sites excluding steroid dienone is 4. The van der Waals surface area contributed by atoms with Crippen LogP contribution in [0.15, 0.2) is 236 Å². The van der Waals surface area contributed by atoms with E-state index >= 15 is 0 Å². The third-order valence-corrected chi connectivity index (χ3v) is 19.5. The van der Waals surface area contributed by atoms with Gasteiger partial charge in [-0.3, -0.25) is 19.6 Å². The summed E-state index contributed by atoms with van der Waals surface area (Å²) >= 11 is 0. The quantitative estimate of drug-likeness (QED) is 0.0653. The summed E-state index contributed by atoms with van der Waals surface area (Å²) in [5.41, 5.74) is 10.5. The van der Waals surface area contributed by atoms with Crippen LogP contribution in [-0.2, 0) is 106 Å². The number of aliphatic hydroxyl groups is 4. The Balaban J connectivity index is 0.000000481. The molecule has 0 aliphatic rings. The van der Waals surface area contributed by atoms with Crippen LogP contribution in [0, 0.1) is 68.4 Å². The Hall–Kier alpha value is -7.80. The van der Waals surface area contributed by atoms with Crippen molar-refractivity contribution in [1.82, 2.24) is 19.9 Å². The molecule has 4 radical (unpaired) electrons. The zero-order chi connectivity index (χ0) is 87.6. The number of aliphatic hydroxyl groups excluding tert-OH is 4. The molecular formula is C105H126F2Ir4N4O6-4. The van der Waals surface area contributed by atoms with E-state index in [1.54, 1.807) is 36.7 Å². The van der Waals surface area contributed by atoms with Crippen molar-refractivity contribution in [1.29, 1.82) is 0 Å². The number of para-hydroxylation sites is 2. The number of aromatic nitrogens is 4. The fourth-order valence-electron chi connectivity index (χ4n) is 10.8. The molecular weight excluding hydrogens is 2220 g/mol. The van der Waals surface area contributed by atoms with Gasteiger partial charge < -0.3 is 30.4 Å². The van der Waals surface area contributed by atoms with Crippen LogP contribution in [0.5, 0.6) is 0 Å². The first kappa shape index (κ1) is 109. The summed E-state index contributed by atoms with van der Waals surface area (Å²) in [6.07, 6.45) is 5.63. The second kappa shape index (κ2) is 46.2. The minimum atomic E-state index is -0.443. The van der Waals surface area contributed by atoms with Gasteiger partial charge in [0.1, 0.15) is 23.2 Å². The topological polar surface area (TPSA) is 167 Å². The monoisotopic (exact) mass is 2350 g/mol. The summed E-state index contributed by atoms with van der Waals surface area (Å²) in [6.45, 7) is 53.8. The zero-order valence-electron chi connectivity index (χ0n) is 75.7. The molecule has 0 saturated heterocycles. The summed E-state index contributed by atoms with van der Waals surface area (Å²) < 4.78 is 28.9. The molecule has 0 fully saturated rings. The number of rotatable bonds is 8. The Morgan fingerprint density at radius 2 is 0.653 bits per heavy atom. The molecule has 12 rings (SSSR count). The average molecular weight is 2350 g/mol. The molecule has 4 heterocycles. The molecule has 0 bridgehead atoms. The van der Waals surface area contributed by atoms with Gasteiger partial charge in [-0.1, -0.05) is 296 Å². The number of nitrogens with zero attached hydrogens (tertiary/aromatic N) is 4. The minimum Gasteiger partial charge on any atom is -0.512 e. The van der Waals surface area contributed by atoms with Crippen LogP contribution >= 0.6 is 0 Å². The van der Waals surface area contributed by atoms with Gasteiger partial charge in [-0.2, -0.15) is 0 Å². The number of ketones is 2. The first-order chi connectivity index (χ1) is 54.0. The Kier molecular flexibility index (Phi) is 41.8. The van der Waals surface area contributed by atoms with Crippen molar-refractivity contribution >= 4 is 54.9 Å². The Morgan fingerprint density at radius 3 is 0.934 bits per heavy atom. The molecule has 10 nitrogen and oxygen atoms in total. The van der Waals surface area contributed by atoms with Gasteiger partial charge in [-0.15, -0.1) is 142 Å². The van der Waals surface area contributed by atoms with Crippen molar-refractivity contribution in [3.63, 3.8) is 0 Å². The third-order valence-electron chi connectivity index (χ3n) is 19.5. The second-order valence-corrected chi connectivity index (χ2v) is 39.1. The van der Waals surface area contributed by atoms with E-state index in [-0.39, 0.29) is 153 Å². The molecule has 8 aromatic carbocycles. The Bertz CT molecular complexity index is 5120. The van der Waals surface area contributed by atoms with Crippen molar-refractivity contribution in [3.05, 3.63) is 289 Å². The van der Waals surface area contributed by atoms with Gasteiger partial charge in [0.2, 0.25) is 0 Å². The molecule has 4 aromatic heterocycles. The Morgan fingerprint density at radius 1 is 0.355 bits per heavy atom. The molecule has 0 aliphatic carbocycles. The van der Waals surface area contributed by atoms with Crippen LogP contribution in [0.4, 0.5) is 8.78 Å². The van der Waals surface area contributed by atoms with Crippen molar-refractivity contribution in [2.24, 2.45) is 32.5 Å². The summed E-state index contributed by atoms with van der Waals surface area (Å²) in [5.74, 6) is -0.363. The van der Waals surface area contributed by atoms with Gasteiger partial charge in [0.05, 0.1) is 23.2 Å². The summed E-state index contributed by atoms with van der Waals surface area (Å²) in [4.78, 5) is 40.8. The minimum absolute atomic E-state index is 0. The fourth-order valence-corrected chi connectivity index (χ4v) is 10.8. The van der Waals surface area contributed by atoms with E-state index in [0.29, 0.717) is 39.7 Å². The molecule has 2 atom stereocenters. The van der Waals surface area contributed by atoms with Gasteiger partial charge in [0, 0.05) is 166 Å². The van der Waals surface area contributed by atoms with E-state index in [0.717, 1.165) is 44.3 Å². The molecule has 0 aliphatic heterocycles. The largest absolute Gasteiger partial charge is 0.512 e. The molecule has 121 heavy (non-hydrogen) atoms. The van der Waals surface area contributed by atoms with E-state index < -0.39 is 23.0 Å². The van der Waals surface area contributed by atoms with Crippen molar-refractivity contribution in [3.8, 4) is 45.0 Å². The Labute approximate surface area is 775 Å². The van der Waals surface area contributed by atoms with E-state index in [1.165, 1.54) is 39.6 Å². The van der Waals surface area contributed by atoms with Crippen LogP contribution in [0.3, 0.4) is 0 Å². The van der Waals surface area contributed by atoms with Crippen LogP contribution in [0.1, 0.15) is 210 Å². The number of benzene rings is 8. The standard InChI is InChI=1S/C19H17FN.2C19H18N.C15H9FN.C11H24O2.2C11H20O2.4Ir/c1-19(2,3)15-10-8-13(9-11-15)18-17(20)16-7-5-4-6-14(16)12-21-18;2*1-19(2,3)16-11-8-15(9-12-16)18-13-10-14-6-4-5-7-17(14)20-18;16-14-13-9-5-4-8-12(13)10-17-15(14)11-6-2-1-3-7-11;3*1-10(2,3)8(12)7-9(13)11(4,5)6;;;;/h4-8,10-12H,1-3H3;2*4-8,10-13H,1-3H3;1-6,8-10H;8-9,12-13H,7H2,1-6H3;2*7,12H,1-6H3;;;;/q4*-1;;;;;;;. The van der Waals surface area contributed by atoms with E-state index in [9.17, 15) is 38.8 Å². The predicted molar refractivity (Wildman–Crippen MR) is 485 cm³/mol. The smallest absolute Gasteiger partial charge is 0.164 e. The van der Waals surface area contributed by atoms with Gasteiger partial charge in [0.25, 0.3) is 0 Å². The summed E-state index contributed by atoms with van der Waals surface area (Å²) in [5, 5.41) is 43.8. The molecule has 4 N–H and O–H groups in total. The first-order valence-corrected chi connectivity index (χ1v) is 40.2. The van der Waals surface area contributed by atoms with Crippen LogP contribution in [0.2, 0.25) is 0 Å². The van der Waals surface area contributed by atoms with E-state index in [2.05, 4.69) is 169 Å². The average Bonchev–Trinajstić information content (AvgIpc) is 0.796. The normalized spacial score (nSPS) is 12.5. The zero-order valence-corrected chi connectivity index (χ0v) is 85.3.